The van der Waals surface area contributed by atoms with Gasteiger partial charge >= 0.3 is 0 Å². The van der Waals surface area contributed by atoms with Gasteiger partial charge in [-0.15, -0.1) is 0 Å². The molecule has 0 radical (unpaired) electrons. The molecule has 9 heteroatoms. The van der Waals surface area contributed by atoms with Crippen LogP contribution in [-0.2, 0) is 26.1 Å². The highest BCUT2D eigenvalue weighted by Gasteiger charge is 2.47. The van der Waals surface area contributed by atoms with Gasteiger partial charge in [0.25, 0.3) is 5.91 Å². The first-order chi connectivity index (χ1) is 16.7. The maximum absolute atomic E-state index is 13.7. The number of halogens is 2. The number of nitrogens with one attached hydrogen (secondary N) is 1. The normalized spacial score (nSPS) is 19.8. The lowest BCUT2D eigenvalue weighted by molar-refractivity contribution is -0.138. The van der Waals surface area contributed by atoms with E-state index >= 15 is 0 Å². The summed E-state index contributed by atoms with van der Waals surface area (Å²) in [5.74, 6) is -1.52. The van der Waals surface area contributed by atoms with Gasteiger partial charge in [-0.3, -0.25) is 24.4 Å². The molecule has 1 atom stereocenters. The van der Waals surface area contributed by atoms with Crippen molar-refractivity contribution in [1.82, 2.24) is 20.0 Å². The number of fused-ring (bicyclic) bond motifs is 1. The molecule has 0 saturated carbocycles. The molecular weight excluding hydrogens is 562 g/mol. The van der Waals surface area contributed by atoms with Crippen molar-refractivity contribution in [3.8, 4) is 11.1 Å². The predicted molar refractivity (Wildman–Crippen MR) is 136 cm³/mol. The predicted octanol–water partition coefficient (Wildman–Crippen LogP) is 4.03. The lowest BCUT2D eigenvalue weighted by Crippen LogP contribution is -2.56. The molecule has 5 rings (SSSR count). The third-order valence-corrected chi connectivity index (χ3v) is 7.75. The zero-order valence-electron chi connectivity index (χ0n) is 19.4. The van der Waals surface area contributed by atoms with Crippen molar-refractivity contribution < 1.29 is 18.8 Å². The Morgan fingerprint density at radius 2 is 1.86 bits per heavy atom. The van der Waals surface area contributed by atoms with Gasteiger partial charge in [-0.1, -0.05) is 52.9 Å². The number of benzene rings is 2. The van der Waals surface area contributed by atoms with Gasteiger partial charge in [-0.25, -0.2) is 4.39 Å². The van der Waals surface area contributed by atoms with Gasteiger partial charge in [0.2, 0.25) is 11.8 Å². The first-order valence-electron chi connectivity index (χ1n) is 11.4. The Hall–Kier alpha value is -3.08. The summed E-state index contributed by atoms with van der Waals surface area (Å²) in [5.41, 5.74) is 4.73. The molecule has 7 nitrogen and oxygen atoms in total. The van der Waals surface area contributed by atoms with E-state index in [0.717, 1.165) is 38.2 Å². The lowest BCUT2D eigenvalue weighted by atomic mass is 9.73. The monoisotopic (exact) mass is 586 g/mol. The zero-order chi connectivity index (χ0) is 24.9. The summed E-state index contributed by atoms with van der Waals surface area (Å²) in [7, 11) is 0. The van der Waals surface area contributed by atoms with E-state index in [4.69, 9.17) is 0 Å². The van der Waals surface area contributed by atoms with Crippen molar-refractivity contribution >= 4 is 40.3 Å². The lowest BCUT2D eigenvalue weighted by Gasteiger charge is -2.38. The number of carbonyl (C=O) groups is 3. The van der Waals surface area contributed by atoms with E-state index in [0.29, 0.717) is 12.1 Å². The van der Waals surface area contributed by atoms with Gasteiger partial charge in [0, 0.05) is 36.3 Å². The third-order valence-electron chi connectivity index (χ3n) is 7.10. The average Bonchev–Trinajstić information content (AvgIpc) is 3.30. The molecule has 0 unspecified atom stereocenters. The number of nitrogens with zero attached hydrogens (tertiary/aromatic N) is 3. The molecule has 1 aromatic heterocycles. The van der Waals surface area contributed by atoms with E-state index in [1.807, 2.05) is 42.8 Å². The molecule has 2 aliphatic heterocycles. The summed E-state index contributed by atoms with van der Waals surface area (Å²) in [6.07, 6.45) is 0.466. The van der Waals surface area contributed by atoms with E-state index in [1.54, 1.807) is 11.0 Å². The van der Waals surface area contributed by atoms with E-state index < -0.39 is 17.1 Å². The first kappa shape index (κ1) is 23.7. The van der Waals surface area contributed by atoms with Crippen LogP contribution in [0.1, 0.15) is 45.7 Å². The molecule has 0 aliphatic carbocycles. The third kappa shape index (κ3) is 3.95. The maximum atomic E-state index is 13.7. The molecule has 1 saturated heterocycles. The van der Waals surface area contributed by atoms with Crippen LogP contribution < -0.4 is 5.32 Å². The van der Waals surface area contributed by atoms with Crippen LogP contribution in [0.2, 0.25) is 0 Å². The van der Waals surface area contributed by atoms with Crippen molar-refractivity contribution in [2.45, 2.75) is 43.2 Å². The molecule has 3 heterocycles. The SMILES string of the molecule is Cc1nn(CI)c(C)c1-c1ccc([C@]2(CN3Cc4ccc(F)cc4C3=O)CCC(=O)NC2=O)cc1. The smallest absolute Gasteiger partial charge is 0.254 e. The minimum atomic E-state index is -1.08. The number of hydrogen-bond donors (Lipinski definition) is 1. The number of aryl methyl sites for hydroxylation is 1. The van der Waals surface area contributed by atoms with Crippen molar-refractivity contribution in [3.05, 3.63) is 76.4 Å². The van der Waals surface area contributed by atoms with Crippen molar-refractivity contribution in [2.24, 2.45) is 0 Å². The van der Waals surface area contributed by atoms with Gasteiger partial charge in [0.05, 0.1) is 15.7 Å². The Kier molecular flexibility index (Phi) is 5.98. The molecule has 3 aromatic rings. The first-order valence-corrected chi connectivity index (χ1v) is 12.9. The van der Waals surface area contributed by atoms with Crippen LogP contribution in [0.15, 0.2) is 42.5 Å². The minimum Gasteiger partial charge on any atom is -0.333 e. The fourth-order valence-electron chi connectivity index (χ4n) is 5.24. The molecule has 2 aromatic carbocycles. The summed E-state index contributed by atoms with van der Waals surface area (Å²) in [6.45, 7) is 4.40. The fraction of sp³-hybridized carbons (Fsp3) is 0.308. The number of piperidine rings is 1. The van der Waals surface area contributed by atoms with E-state index in [9.17, 15) is 18.8 Å². The second-order valence-electron chi connectivity index (χ2n) is 9.16. The molecule has 0 bridgehead atoms. The van der Waals surface area contributed by atoms with Crippen LogP contribution in [0.25, 0.3) is 11.1 Å². The van der Waals surface area contributed by atoms with Crippen LogP contribution >= 0.6 is 22.6 Å². The number of imide groups is 1. The second-order valence-corrected chi connectivity index (χ2v) is 9.85. The highest BCUT2D eigenvalue weighted by atomic mass is 127. The molecule has 1 fully saturated rings. The summed E-state index contributed by atoms with van der Waals surface area (Å²) in [5, 5.41) is 7.06. The number of hydrogen-bond acceptors (Lipinski definition) is 4. The van der Waals surface area contributed by atoms with Gasteiger partial charge in [-0.05, 0) is 49.1 Å². The Labute approximate surface area is 215 Å². The van der Waals surface area contributed by atoms with E-state index in [1.165, 1.54) is 12.1 Å². The Balaban J connectivity index is 1.51. The molecule has 3 amide bonds. The highest BCUT2D eigenvalue weighted by molar-refractivity contribution is 14.1. The van der Waals surface area contributed by atoms with Gasteiger partial charge in [0.1, 0.15) is 5.82 Å². The largest absolute Gasteiger partial charge is 0.333 e. The summed E-state index contributed by atoms with van der Waals surface area (Å²) < 4.78 is 16.4. The zero-order valence-corrected chi connectivity index (χ0v) is 21.6. The van der Waals surface area contributed by atoms with E-state index in [-0.39, 0.29) is 31.2 Å². The van der Waals surface area contributed by atoms with Gasteiger partial charge in [0.15, 0.2) is 0 Å². The summed E-state index contributed by atoms with van der Waals surface area (Å²) in [6, 6.07) is 11.9. The summed E-state index contributed by atoms with van der Waals surface area (Å²) in [4.78, 5) is 39.9. The van der Waals surface area contributed by atoms with Crippen molar-refractivity contribution in [1.29, 1.82) is 0 Å². The fourth-order valence-corrected chi connectivity index (χ4v) is 5.90. The Morgan fingerprint density at radius 3 is 2.51 bits per heavy atom. The molecule has 2 aliphatic rings. The quantitative estimate of drug-likeness (QED) is 0.278. The number of aromatic nitrogens is 2. The molecule has 0 spiro atoms. The van der Waals surface area contributed by atoms with Crippen LogP contribution in [0.3, 0.4) is 0 Å². The van der Waals surface area contributed by atoms with Crippen LogP contribution in [-0.4, -0.2) is 38.9 Å². The second kappa shape index (κ2) is 8.85. The molecule has 180 valence electrons. The number of rotatable bonds is 5. The Morgan fingerprint density at radius 1 is 1.11 bits per heavy atom. The topological polar surface area (TPSA) is 84.3 Å². The van der Waals surface area contributed by atoms with Crippen LogP contribution in [0, 0.1) is 19.7 Å². The molecule has 35 heavy (non-hydrogen) atoms. The van der Waals surface area contributed by atoms with Crippen LogP contribution in [0.4, 0.5) is 4.39 Å². The standard InChI is InChI=1S/C26H24FIN4O3/c1-15-23(16(2)32(14-28)30-15)17-3-6-19(7-4-17)26(10-9-22(33)29-25(26)35)13-31-12-18-5-8-20(27)11-21(18)24(31)34/h3-8,11H,9-10,12-14H2,1-2H3,(H,29,33,35)/t26-/m1/s1. The molecule has 1 N–H and O–H groups in total. The highest BCUT2D eigenvalue weighted by Crippen LogP contribution is 2.38. The van der Waals surface area contributed by atoms with Gasteiger partial charge < -0.3 is 4.90 Å². The number of amides is 3. The summed E-state index contributed by atoms with van der Waals surface area (Å²) >= 11 is 2.27. The number of carbonyl (C=O) groups excluding carboxylic acids is 3. The number of alkyl halides is 1. The molecular formula is C26H24FIN4O3. The van der Waals surface area contributed by atoms with E-state index in [2.05, 4.69) is 33.0 Å². The van der Waals surface area contributed by atoms with Crippen molar-refractivity contribution in [2.75, 3.05) is 6.54 Å². The van der Waals surface area contributed by atoms with Crippen LogP contribution in [0.5, 0.6) is 0 Å². The van der Waals surface area contributed by atoms with Crippen molar-refractivity contribution in [3.63, 3.8) is 0 Å². The van der Waals surface area contributed by atoms with Gasteiger partial charge in [-0.2, -0.15) is 5.10 Å². The maximum Gasteiger partial charge on any atom is 0.254 e. The Bertz CT molecular complexity index is 1370. The average molecular weight is 586 g/mol. The minimum absolute atomic E-state index is 0.103.